The Morgan fingerprint density at radius 2 is 2.30 bits per heavy atom. The predicted molar refractivity (Wildman–Crippen MR) is 79.4 cm³/mol. The Bertz CT molecular complexity index is 464. The number of hydrogen-bond acceptors (Lipinski definition) is 4. The van der Waals surface area contributed by atoms with Gasteiger partial charge in [-0.05, 0) is 30.9 Å². The lowest BCUT2D eigenvalue weighted by Crippen LogP contribution is -2.46. The van der Waals surface area contributed by atoms with E-state index in [2.05, 4.69) is 11.8 Å². The highest BCUT2D eigenvalue weighted by atomic mass is 16.6. The number of piperidine rings is 1. The van der Waals surface area contributed by atoms with Crippen molar-refractivity contribution in [2.24, 2.45) is 11.7 Å². The van der Waals surface area contributed by atoms with Gasteiger partial charge in [0.05, 0.1) is 4.92 Å². The van der Waals surface area contributed by atoms with E-state index in [1.807, 2.05) is 6.07 Å². The number of likely N-dealkylation sites (tertiary alicyclic amines) is 1. The summed E-state index contributed by atoms with van der Waals surface area (Å²) in [5, 5.41) is 10.8. The van der Waals surface area contributed by atoms with E-state index in [9.17, 15) is 10.1 Å². The van der Waals surface area contributed by atoms with Crippen LogP contribution in [0.3, 0.4) is 0 Å². The fraction of sp³-hybridized carbons (Fsp3) is 0.600. The first-order valence-electron chi connectivity index (χ1n) is 7.31. The van der Waals surface area contributed by atoms with Crippen LogP contribution in [0.5, 0.6) is 0 Å². The molecular formula is C15H23N3O2. The van der Waals surface area contributed by atoms with Gasteiger partial charge in [-0.25, -0.2) is 0 Å². The van der Waals surface area contributed by atoms with Crippen LogP contribution < -0.4 is 5.73 Å². The fourth-order valence-electron chi connectivity index (χ4n) is 3.01. The molecule has 0 spiro atoms. The molecule has 1 aromatic carbocycles. The largest absolute Gasteiger partial charge is 0.329 e. The van der Waals surface area contributed by atoms with E-state index in [4.69, 9.17) is 5.73 Å². The summed E-state index contributed by atoms with van der Waals surface area (Å²) in [6.45, 7) is 4.67. The molecule has 5 nitrogen and oxygen atoms in total. The molecule has 1 aliphatic heterocycles. The molecule has 5 heteroatoms. The minimum Gasteiger partial charge on any atom is -0.329 e. The third kappa shape index (κ3) is 3.55. The van der Waals surface area contributed by atoms with Gasteiger partial charge in [0.2, 0.25) is 0 Å². The maximum absolute atomic E-state index is 10.8. The van der Waals surface area contributed by atoms with Gasteiger partial charge in [0.1, 0.15) is 0 Å². The number of non-ortho nitro benzene ring substituents is 1. The van der Waals surface area contributed by atoms with E-state index in [1.54, 1.807) is 12.1 Å². The maximum Gasteiger partial charge on any atom is 0.269 e. The van der Waals surface area contributed by atoms with Crippen LogP contribution in [0.4, 0.5) is 5.69 Å². The van der Waals surface area contributed by atoms with Crippen LogP contribution in [0, 0.1) is 16.0 Å². The van der Waals surface area contributed by atoms with Crippen molar-refractivity contribution >= 4 is 5.69 Å². The maximum atomic E-state index is 10.8. The topological polar surface area (TPSA) is 72.4 Å². The average Bonchev–Trinajstić information content (AvgIpc) is 2.48. The van der Waals surface area contributed by atoms with Crippen LogP contribution in [-0.2, 0) is 6.54 Å². The van der Waals surface area contributed by atoms with Crippen LogP contribution in [-0.4, -0.2) is 29.0 Å². The molecule has 1 heterocycles. The van der Waals surface area contributed by atoms with Crippen molar-refractivity contribution in [3.63, 3.8) is 0 Å². The molecule has 0 bridgehead atoms. The second kappa shape index (κ2) is 6.81. The first-order chi connectivity index (χ1) is 9.63. The van der Waals surface area contributed by atoms with E-state index in [1.165, 1.54) is 18.9 Å². The minimum atomic E-state index is -0.340. The Kier molecular flexibility index (Phi) is 5.09. The Morgan fingerprint density at radius 1 is 1.50 bits per heavy atom. The van der Waals surface area contributed by atoms with Gasteiger partial charge in [0.15, 0.2) is 0 Å². The molecule has 0 amide bonds. The molecule has 2 atom stereocenters. The lowest BCUT2D eigenvalue weighted by atomic mass is 9.88. The van der Waals surface area contributed by atoms with Crippen molar-refractivity contribution in [1.29, 1.82) is 0 Å². The molecule has 1 saturated heterocycles. The molecule has 2 rings (SSSR count). The molecule has 1 fully saturated rings. The van der Waals surface area contributed by atoms with Gasteiger partial charge in [0.25, 0.3) is 5.69 Å². The Balaban J connectivity index is 2.05. The molecule has 20 heavy (non-hydrogen) atoms. The highest BCUT2D eigenvalue weighted by molar-refractivity contribution is 5.34. The van der Waals surface area contributed by atoms with E-state index >= 15 is 0 Å². The number of nitrogens with zero attached hydrogens (tertiary/aromatic N) is 2. The number of nitro groups is 1. The third-order valence-electron chi connectivity index (χ3n) is 4.30. The predicted octanol–water partition coefficient (Wildman–Crippen LogP) is 2.54. The van der Waals surface area contributed by atoms with Crippen LogP contribution >= 0.6 is 0 Å². The lowest BCUT2D eigenvalue weighted by molar-refractivity contribution is -0.384. The molecule has 1 aromatic rings. The highest BCUT2D eigenvalue weighted by Crippen LogP contribution is 2.26. The Morgan fingerprint density at radius 3 is 2.95 bits per heavy atom. The summed E-state index contributed by atoms with van der Waals surface area (Å²) >= 11 is 0. The minimum absolute atomic E-state index is 0.162. The smallest absolute Gasteiger partial charge is 0.269 e. The van der Waals surface area contributed by atoms with Crippen LogP contribution in [0.15, 0.2) is 24.3 Å². The van der Waals surface area contributed by atoms with E-state index < -0.39 is 0 Å². The number of benzene rings is 1. The van der Waals surface area contributed by atoms with E-state index in [0.29, 0.717) is 12.6 Å². The van der Waals surface area contributed by atoms with Gasteiger partial charge in [-0.2, -0.15) is 0 Å². The quantitative estimate of drug-likeness (QED) is 0.663. The van der Waals surface area contributed by atoms with E-state index in [-0.39, 0.29) is 10.6 Å². The Labute approximate surface area is 119 Å². The normalized spacial score (nSPS) is 23.7. The summed E-state index contributed by atoms with van der Waals surface area (Å²) in [6.07, 6.45) is 3.55. The molecule has 1 aliphatic rings. The zero-order valence-electron chi connectivity index (χ0n) is 12.0. The number of nitro benzene ring substituents is 1. The van der Waals surface area contributed by atoms with Gasteiger partial charge in [-0.15, -0.1) is 0 Å². The van der Waals surface area contributed by atoms with Gasteiger partial charge < -0.3 is 5.73 Å². The number of rotatable bonds is 5. The molecule has 110 valence electrons. The van der Waals surface area contributed by atoms with Crippen molar-refractivity contribution in [2.75, 3.05) is 13.1 Å². The first kappa shape index (κ1) is 14.9. The molecule has 2 N–H and O–H groups in total. The van der Waals surface area contributed by atoms with Crippen LogP contribution in [0.2, 0.25) is 0 Å². The van der Waals surface area contributed by atoms with Gasteiger partial charge in [-0.3, -0.25) is 15.0 Å². The summed E-state index contributed by atoms with van der Waals surface area (Å²) in [6, 6.07) is 7.30. The number of nitrogens with two attached hydrogens (primary N) is 1. The zero-order chi connectivity index (χ0) is 14.5. The average molecular weight is 277 g/mol. The van der Waals surface area contributed by atoms with Crippen molar-refractivity contribution in [1.82, 2.24) is 4.90 Å². The molecule has 0 aromatic heterocycles. The molecule has 0 saturated carbocycles. The van der Waals surface area contributed by atoms with Gasteiger partial charge in [0, 0.05) is 31.3 Å². The lowest BCUT2D eigenvalue weighted by Gasteiger charge is -2.38. The van der Waals surface area contributed by atoms with Gasteiger partial charge >= 0.3 is 0 Å². The molecule has 0 aliphatic carbocycles. The summed E-state index contributed by atoms with van der Waals surface area (Å²) in [5.74, 6) is 0.768. The second-order valence-corrected chi connectivity index (χ2v) is 5.59. The van der Waals surface area contributed by atoms with Crippen LogP contribution in [0.1, 0.15) is 31.7 Å². The second-order valence-electron chi connectivity index (χ2n) is 5.59. The SMILES string of the molecule is CCC1CCN(Cc2cccc([N+](=O)[O-])c2)C(CN)C1. The van der Waals surface area contributed by atoms with Crippen LogP contribution in [0.25, 0.3) is 0 Å². The summed E-state index contributed by atoms with van der Waals surface area (Å²) in [4.78, 5) is 12.8. The zero-order valence-corrected chi connectivity index (χ0v) is 12.0. The Hall–Kier alpha value is -1.46. The summed E-state index contributed by atoms with van der Waals surface area (Å²) in [7, 11) is 0. The summed E-state index contributed by atoms with van der Waals surface area (Å²) < 4.78 is 0. The number of hydrogen-bond donors (Lipinski definition) is 1. The van der Waals surface area contributed by atoms with E-state index in [0.717, 1.165) is 31.0 Å². The standard InChI is InChI=1S/C15H23N3O2/c1-2-12-6-7-17(15(8-12)10-16)11-13-4-3-5-14(9-13)18(19)20/h3-5,9,12,15H,2,6-8,10-11,16H2,1H3. The van der Waals surface area contributed by atoms with Crippen molar-refractivity contribution in [2.45, 2.75) is 38.8 Å². The van der Waals surface area contributed by atoms with Gasteiger partial charge in [-0.1, -0.05) is 25.5 Å². The fourth-order valence-corrected chi connectivity index (χ4v) is 3.01. The molecular weight excluding hydrogens is 254 g/mol. The molecule has 0 radical (unpaired) electrons. The van der Waals surface area contributed by atoms with Crippen molar-refractivity contribution in [3.05, 3.63) is 39.9 Å². The van der Waals surface area contributed by atoms with Crippen molar-refractivity contribution < 1.29 is 4.92 Å². The first-order valence-corrected chi connectivity index (χ1v) is 7.31. The summed E-state index contributed by atoms with van der Waals surface area (Å²) in [5.41, 5.74) is 7.05. The monoisotopic (exact) mass is 277 g/mol. The van der Waals surface area contributed by atoms with Crippen molar-refractivity contribution in [3.8, 4) is 0 Å². The highest BCUT2D eigenvalue weighted by Gasteiger charge is 2.26. The molecule has 2 unspecified atom stereocenters. The third-order valence-corrected chi connectivity index (χ3v) is 4.30.